The molecule has 0 aliphatic carbocycles. The van der Waals surface area contributed by atoms with Gasteiger partial charge >= 0.3 is 0 Å². The normalized spacial score (nSPS) is 16.4. The Kier molecular flexibility index (Phi) is 3.20. The van der Waals surface area contributed by atoms with Crippen LogP contribution in [0.15, 0.2) is 24.3 Å². The fourth-order valence-corrected chi connectivity index (χ4v) is 1.79. The molecule has 1 saturated heterocycles. The van der Waals surface area contributed by atoms with Gasteiger partial charge in [0.05, 0.1) is 6.04 Å². The number of nitrogens with one attached hydrogen (secondary N) is 2. The summed E-state index contributed by atoms with van der Waals surface area (Å²) in [5.41, 5.74) is 2.02. The molecule has 3 heteroatoms. The molecule has 92 valence electrons. The van der Waals surface area contributed by atoms with Crippen molar-refractivity contribution in [2.24, 2.45) is 0 Å². The number of benzene rings is 1. The molecule has 0 aromatic heterocycles. The van der Waals surface area contributed by atoms with Gasteiger partial charge in [0.25, 0.3) is 5.91 Å². The maximum atomic E-state index is 12.0. The van der Waals surface area contributed by atoms with Gasteiger partial charge in [-0.25, -0.2) is 0 Å². The second-order valence-corrected chi connectivity index (χ2v) is 5.66. The summed E-state index contributed by atoms with van der Waals surface area (Å²) in [5, 5.41) is 6.15. The molecule has 0 radical (unpaired) electrons. The lowest BCUT2D eigenvalue weighted by atomic mass is 9.86. The highest BCUT2D eigenvalue weighted by Crippen LogP contribution is 2.22. The summed E-state index contributed by atoms with van der Waals surface area (Å²) >= 11 is 0. The van der Waals surface area contributed by atoms with Crippen LogP contribution in [0, 0.1) is 0 Å². The summed E-state index contributed by atoms with van der Waals surface area (Å²) in [5.74, 6) is 0.0302. The topological polar surface area (TPSA) is 41.1 Å². The fraction of sp³-hybridized carbons (Fsp3) is 0.500. The standard InChI is InChI=1S/C14H20N2O/c1-14(2,3)11-6-4-5-10(7-11)13(17)16-12-8-15-9-12/h4-7,12,15H,8-9H2,1-3H3,(H,16,17). The molecule has 2 rings (SSSR count). The molecule has 0 unspecified atom stereocenters. The van der Waals surface area contributed by atoms with Crippen molar-refractivity contribution in [2.45, 2.75) is 32.2 Å². The van der Waals surface area contributed by atoms with Crippen LogP contribution in [0.5, 0.6) is 0 Å². The second-order valence-electron chi connectivity index (χ2n) is 5.66. The van der Waals surface area contributed by atoms with Crippen molar-refractivity contribution in [1.82, 2.24) is 10.6 Å². The molecule has 1 amide bonds. The van der Waals surface area contributed by atoms with E-state index in [0.29, 0.717) is 6.04 Å². The Hall–Kier alpha value is -1.35. The average molecular weight is 232 g/mol. The molecule has 1 aliphatic heterocycles. The Balaban J connectivity index is 2.12. The summed E-state index contributed by atoms with van der Waals surface area (Å²) in [6.45, 7) is 8.22. The maximum Gasteiger partial charge on any atom is 0.251 e. The molecule has 1 aromatic rings. The molecule has 3 nitrogen and oxygen atoms in total. The summed E-state index contributed by atoms with van der Waals surface area (Å²) in [6.07, 6.45) is 0. The predicted molar refractivity (Wildman–Crippen MR) is 69.3 cm³/mol. The van der Waals surface area contributed by atoms with E-state index in [2.05, 4.69) is 37.5 Å². The molecule has 17 heavy (non-hydrogen) atoms. The van der Waals surface area contributed by atoms with Gasteiger partial charge < -0.3 is 10.6 Å². The lowest BCUT2D eigenvalue weighted by Gasteiger charge is -2.28. The Labute approximate surface area is 103 Å². The summed E-state index contributed by atoms with van der Waals surface area (Å²) < 4.78 is 0. The van der Waals surface area contributed by atoms with Gasteiger partial charge in [-0.2, -0.15) is 0 Å². The Morgan fingerprint density at radius 1 is 1.35 bits per heavy atom. The van der Waals surface area contributed by atoms with Crippen molar-refractivity contribution >= 4 is 5.91 Å². The van der Waals surface area contributed by atoms with E-state index in [9.17, 15) is 4.79 Å². The first-order chi connectivity index (χ1) is 7.97. The summed E-state index contributed by atoms with van der Waals surface area (Å²) in [7, 11) is 0. The van der Waals surface area contributed by atoms with Crippen LogP contribution in [0.2, 0.25) is 0 Å². The van der Waals surface area contributed by atoms with Crippen LogP contribution in [0.4, 0.5) is 0 Å². The lowest BCUT2D eigenvalue weighted by molar-refractivity contribution is 0.0924. The second kappa shape index (κ2) is 4.49. The molecule has 0 saturated carbocycles. The fourth-order valence-electron chi connectivity index (χ4n) is 1.79. The Morgan fingerprint density at radius 2 is 2.06 bits per heavy atom. The smallest absolute Gasteiger partial charge is 0.251 e. The van der Waals surface area contributed by atoms with E-state index in [-0.39, 0.29) is 11.3 Å². The molecule has 1 fully saturated rings. The van der Waals surface area contributed by atoms with Crippen molar-refractivity contribution in [1.29, 1.82) is 0 Å². The third-order valence-corrected chi connectivity index (χ3v) is 3.11. The van der Waals surface area contributed by atoms with Crippen molar-refractivity contribution in [3.8, 4) is 0 Å². The minimum atomic E-state index is 0.0302. The van der Waals surface area contributed by atoms with E-state index in [0.717, 1.165) is 18.7 Å². The third kappa shape index (κ3) is 2.86. The first-order valence-electron chi connectivity index (χ1n) is 6.09. The van der Waals surface area contributed by atoms with E-state index in [1.807, 2.05) is 18.2 Å². The minimum Gasteiger partial charge on any atom is -0.347 e. The summed E-state index contributed by atoms with van der Waals surface area (Å²) in [4.78, 5) is 12.0. The number of carbonyl (C=O) groups excluding carboxylic acids is 1. The van der Waals surface area contributed by atoms with E-state index in [4.69, 9.17) is 0 Å². The van der Waals surface area contributed by atoms with Gasteiger partial charge in [0.15, 0.2) is 0 Å². The third-order valence-electron chi connectivity index (χ3n) is 3.11. The predicted octanol–water partition coefficient (Wildman–Crippen LogP) is 1.69. The zero-order chi connectivity index (χ0) is 12.5. The van der Waals surface area contributed by atoms with Gasteiger partial charge in [-0.05, 0) is 23.1 Å². The van der Waals surface area contributed by atoms with Crippen LogP contribution in [-0.4, -0.2) is 25.0 Å². The Bertz CT molecular complexity index is 416. The van der Waals surface area contributed by atoms with E-state index in [1.54, 1.807) is 0 Å². The number of hydrogen-bond donors (Lipinski definition) is 2. The molecule has 1 aliphatic rings. The molecule has 1 aromatic carbocycles. The van der Waals surface area contributed by atoms with Crippen molar-refractivity contribution in [3.05, 3.63) is 35.4 Å². The quantitative estimate of drug-likeness (QED) is 0.814. The van der Waals surface area contributed by atoms with Crippen molar-refractivity contribution in [2.75, 3.05) is 13.1 Å². The molecule has 0 atom stereocenters. The molecule has 2 N–H and O–H groups in total. The van der Waals surface area contributed by atoms with Gasteiger partial charge in [-0.3, -0.25) is 4.79 Å². The first kappa shape index (κ1) is 12.1. The lowest BCUT2D eigenvalue weighted by Crippen LogP contribution is -2.56. The maximum absolute atomic E-state index is 12.0. The van der Waals surface area contributed by atoms with E-state index in [1.165, 1.54) is 5.56 Å². The van der Waals surface area contributed by atoms with Gasteiger partial charge in [0, 0.05) is 18.7 Å². The van der Waals surface area contributed by atoms with Crippen LogP contribution in [-0.2, 0) is 5.41 Å². The van der Waals surface area contributed by atoms with Gasteiger partial charge in [0.1, 0.15) is 0 Å². The van der Waals surface area contributed by atoms with Crippen LogP contribution in [0.3, 0.4) is 0 Å². The zero-order valence-corrected chi connectivity index (χ0v) is 10.7. The zero-order valence-electron chi connectivity index (χ0n) is 10.7. The van der Waals surface area contributed by atoms with E-state index >= 15 is 0 Å². The summed E-state index contributed by atoms with van der Waals surface area (Å²) in [6, 6.07) is 8.18. The minimum absolute atomic E-state index is 0.0302. The van der Waals surface area contributed by atoms with Crippen molar-refractivity contribution < 1.29 is 4.79 Å². The monoisotopic (exact) mass is 232 g/mol. The first-order valence-corrected chi connectivity index (χ1v) is 6.09. The van der Waals surface area contributed by atoms with Gasteiger partial charge in [0.2, 0.25) is 0 Å². The average Bonchev–Trinajstić information content (AvgIpc) is 2.22. The number of carbonyl (C=O) groups is 1. The number of hydrogen-bond acceptors (Lipinski definition) is 2. The van der Waals surface area contributed by atoms with Crippen molar-refractivity contribution in [3.63, 3.8) is 0 Å². The molecule has 0 spiro atoms. The van der Waals surface area contributed by atoms with Crippen LogP contribution in [0.25, 0.3) is 0 Å². The highest BCUT2D eigenvalue weighted by Gasteiger charge is 2.20. The molecular formula is C14H20N2O. The number of rotatable bonds is 2. The van der Waals surface area contributed by atoms with Gasteiger partial charge in [-0.15, -0.1) is 0 Å². The number of amides is 1. The molecule has 1 heterocycles. The van der Waals surface area contributed by atoms with Crippen LogP contribution in [0.1, 0.15) is 36.7 Å². The Morgan fingerprint density at radius 3 is 2.59 bits per heavy atom. The highest BCUT2D eigenvalue weighted by molar-refractivity contribution is 5.94. The molecule has 0 bridgehead atoms. The molecular weight excluding hydrogens is 212 g/mol. The van der Waals surface area contributed by atoms with Crippen LogP contribution >= 0.6 is 0 Å². The largest absolute Gasteiger partial charge is 0.347 e. The van der Waals surface area contributed by atoms with Gasteiger partial charge in [-0.1, -0.05) is 32.9 Å². The van der Waals surface area contributed by atoms with E-state index < -0.39 is 0 Å². The van der Waals surface area contributed by atoms with Crippen LogP contribution < -0.4 is 10.6 Å². The highest BCUT2D eigenvalue weighted by atomic mass is 16.1. The SMILES string of the molecule is CC(C)(C)c1cccc(C(=O)NC2CNC2)c1.